The molecule has 1 amide bonds. The van der Waals surface area contributed by atoms with Gasteiger partial charge in [0.1, 0.15) is 11.7 Å². The van der Waals surface area contributed by atoms with Gasteiger partial charge in [-0.15, -0.1) is 0 Å². The van der Waals surface area contributed by atoms with Crippen LogP contribution in [0.25, 0.3) is 0 Å². The summed E-state index contributed by atoms with van der Waals surface area (Å²) in [6, 6.07) is 3.56. The molecule has 36 heavy (non-hydrogen) atoms. The fourth-order valence-corrected chi connectivity index (χ4v) is 7.09. The number of carbonyl (C=O) groups is 2. The molecule has 5 aliphatic rings. The molecule has 3 aliphatic carbocycles. The Balaban J connectivity index is 1.30. The van der Waals surface area contributed by atoms with E-state index in [4.69, 9.17) is 9.47 Å². The fourth-order valence-electron chi connectivity index (χ4n) is 7.09. The Morgan fingerprint density at radius 2 is 2.06 bits per heavy atom. The lowest BCUT2D eigenvalue weighted by molar-refractivity contribution is -0.165. The van der Waals surface area contributed by atoms with Crippen molar-refractivity contribution in [2.45, 2.75) is 88.1 Å². The molecule has 1 spiro atoms. The van der Waals surface area contributed by atoms with Crippen molar-refractivity contribution in [2.75, 3.05) is 19.6 Å². The molecular weight excluding hydrogens is 460 g/mol. The Labute approximate surface area is 211 Å². The number of aromatic hydroxyl groups is 1. The van der Waals surface area contributed by atoms with E-state index in [1.165, 1.54) is 12.8 Å². The number of carbonyl (C=O) groups excluding carboxylic acids is 2. The highest BCUT2D eigenvalue weighted by molar-refractivity contribution is 5.96. The second kappa shape index (κ2) is 7.96. The lowest BCUT2D eigenvalue weighted by Crippen LogP contribution is -2.75. The second-order valence-electron chi connectivity index (χ2n) is 12.2. The lowest BCUT2D eigenvalue weighted by Gasteiger charge is -2.62. The van der Waals surface area contributed by atoms with Crippen molar-refractivity contribution in [1.29, 1.82) is 0 Å². The summed E-state index contributed by atoms with van der Waals surface area (Å²) in [5, 5.41) is 26.0. The predicted octanol–water partition coefficient (Wildman–Crippen LogP) is 2.34. The van der Waals surface area contributed by atoms with Crippen molar-refractivity contribution in [2.24, 2.45) is 5.92 Å². The Morgan fingerprint density at radius 1 is 1.28 bits per heavy atom. The van der Waals surface area contributed by atoms with Crippen molar-refractivity contribution in [3.63, 3.8) is 0 Å². The number of benzene rings is 1. The van der Waals surface area contributed by atoms with E-state index in [2.05, 4.69) is 10.2 Å². The molecule has 8 heteroatoms. The molecule has 1 saturated carbocycles. The van der Waals surface area contributed by atoms with Gasteiger partial charge < -0.3 is 25.0 Å². The summed E-state index contributed by atoms with van der Waals surface area (Å²) in [6.45, 7) is 7.40. The van der Waals surface area contributed by atoms with Crippen molar-refractivity contribution >= 4 is 11.9 Å². The van der Waals surface area contributed by atoms with E-state index in [0.717, 1.165) is 24.2 Å². The number of ether oxygens (including phenoxy) is 2. The van der Waals surface area contributed by atoms with Crippen LogP contribution in [0.5, 0.6) is 11.5 Å². The summed E-state index contributed by atoms with van der Waals surface area (Å²) in [6.07, 6.45) is 5.40. The van der Waals surface area contributed by atoms with E-state index in [1.54, 1.807) is 6.07 Å². The van der Waals surface area contributed by atoms with Crippen LogP contribution in [-0.2, 0) is 26.2 Å². The number of phenols is 1. The number of amides is 1. The van der Waals surface area contributed by atoms with Gasteiger partial charge in [0, 0.05) is 24.7 Å². The molecule has 8 nitrogen and oxygen atoms in total. The molecular formula is C28H36N2O6. The number of esters is 1. The number of nitrogens with zero attached hydrogens (tertiary/aromatic N) is 1. The van der Waals surface area contributed by atoms with Crippen molar-refractivity contribution in [3.05, 3.63) is 34.9 Å². The molecule has 2 fully saturated rings. The molecule has 0 aromatic heterocycles. The van der Waals surface area contributed by atoms with Crippen LogP contribution >= 0.6 is 0 Å². The van der Waals surface area contributed by atoms with Crippen molar-refractivity contribution in [1.82, 2.24) is 10.2 Å². The summed E-state index contributed by atoms with van der Waals surface area (Å²) in [4.78, 5) is 27.9. The zero-order chi connectivity index (χ0) is 25.5. The Morgan fingerprint density at radius 3 is 2.78 bits per heavy atom. The highest BCUT2D eigenvalue weighted by atomic mass is 16.6. The number of phenolic OH excluding ortho intramolecular Hbond substituents is 1. The van der Waals surface area contributed by atoms with Crippen LogP contribution in [0.15, 0.2) is 23.8 Å². The quantitative estimate of drug-likeness (QED) is 0.519. The first-order valence-corrected chi connectivity index (χ1v) is 13.2. The Hall–Kier alpha value is -2.58. The molecule has 6 rings (SSSR count). The first-order valence-electron chi connectivity index (χ1n) is 13.2. The number of likely N-dealkylation sites (tertiary alicyclic amines) is 1. The van der Waals surface area contributed by atoms with Gasteiger partial charge in [-0.1, -0.05) is 12.1 Å². The van der Waals surface area contributed by atoms with Gasteiger partial charge >= 0.3 is 5.97 Å². The van der Waals surface area contributed by atoms with E-state index in [-0.39, 0.29) is 36.6 Å². The third kappa shape index (κ3) is 3.48. The number of nitrogens with one attached hydrogen (secondary N) is 1. The molecule has 194 valence electrons. The smallest absolute Gasteiger partial charge is 0.308 e. The maximum absolute atomic E-state index is 13.4. The van der Waals surface area contributed by atoms with Crippen LogP contribution < -0.4 is 10.1 Å². The molecule has 2 bridgehead atoms. The third-order valence-corrected chi connectivity index (χ3v) is 8.73. The number of rotatable bonds is 6. The SMILES string of the molecule is CC(C)(C)OC(=O)CCNC(=O)C1=CC[C@@]2(O)[C@H]3Cc4ccc(O)c5c4[C@@]2(CCN3CC2CC2)[C@H]1O5. The van der Waals surface area contributed by atoms with Gasteiger partial charge in [-0.3, -0.25) is 14.5 Å². The average molecular weight is 497 g/mol. The first kappa shape index (κ1) is 23.8. The topological polar surface area (TPSA) is 108 Å². The Bertz CT molecular complexity index is 1150. The van der Waals surface area contributed by atoms with Gasteiger partial charge in [0.25, 0.3) is 5.91 Å². The molecule has 1 aromatic rings. The monoisotopic (exact) mass is 496 g/mol. The van der Waals surface area contributed by atoms with Crippen LogP contribution in [0.4, 0.5) is 0 Å². The fraction of sp³-hybridized carbons (Fsp3) is 0.643. The molecule has 1 saturated heterocycles. The molecule has 0 unspecified atom stereocenters. The van der Waals surface area contributed by atoms with Crippen molar-refractivity contribution < 1.29 is 29.3 Å². The third-order valence-electron chi connectivity index (χ3n) is 8.73. The molecule has 4 atom stereocenters. The Kier molecular flexibility index (Phi) is 5.26. The number of hydrogen-bond acceptors (Lipinski definition) is 7. The van der Waals surface area contributed by atoms with Crippen LogP contribution in [-0.4, -0.2) is 70.0 Å². The van der Waals surface area contributed by atoms with Crippen LogP contribution in [0.2, 0.25) is 0 Å². The van der Waals surface area contributed by atoms with E-state index < -0.39 is 22.7 Å². The summed E-state index contributed by atoms with van der Waals surface area (Å²) in [5.74, 6) is 0.477. The number of aliphatic hydroxyl groups is 1. The second-order valence-corrected chi connectivity index (χ2v) is 12.2. The first-order chi connectivity index (χ1) is 17.0. The molecule has 2 heterocycles. The molecule has 0 radical (unpaired) electrons. The lowest BCUT2D eigenvalue weighted by atomic mass is 9.49. The van der Waals surface area contributed by atoms with Gasteiger partial charge in [0.05, 0.1) is 23.0 Å². The number of hydrogen-bond donors (Lipinski definition) is 3. The minimum Gasteiger partial charge on any atom is -0.504 e. The standard InChI is InChI=1S/C28H36N2O6/c1-26(2,3)36-21(32)9-12-29-25(33)18-8-10-28(34)20-14-17-6-7-19(31)23-22(17)27(28,24(18)35-23)11-13-30(20)15-16-4-5-16/h6-8,16,20,24,31,34H,4-5,9-15H2,1-3H3,(H,29,33)/t20-,24+,27+,28-/m1/s1. The van der Waals surface area contributed by atoms with Crippen molar-refractivity contribution in [3.8, 4) is 11.5 Å². The minimum absolute atomic E-state index is 0.0448. The average Bonchev–Trinajstić information content (AvgIpc) is 3.53. The van der Waals surface area contributed by atoms with Gasteiger partial charge in [-0.25, -0.2) is 0 Å². The maximum atomic E-state index is 13.4. The van der Waals surface area contributed by atoms with Crippen LogP contribution in [0.3, 0.4) is 0 Å². The largest absolute Gasteiger partial charge is 0.504 e. The van der Waals surface area contributed by atoms with Crippen LogP contribution in [0.1, 0.15) is 64.0 Å². The summed E-state index contributed by atoms with van der Waals surface area (Å²) in [5.41, 5.74) is -0.0207. The highest BCUT2D eigenvalue weighted by Gasteiger charge is 2.72. The summed E-state index contributed by atoms with van der Waals surface area (Å²) < 4.78 is 11.7. The number of piperidine rings is 1. The molecule has 3 N–H and O–H groups in total. The summed E-state index contributed by atoms with van der Waals surface area (Å²) in [7, 11) is 0. The van der Waals surface area contributed by atoms with E-state index >= 15 is 0 Å². The van der Waals surface area contributed by atoms with Gasteiger partial charge in [-0.05, 0) is 77.0 Å². The molecule has 2 aliphatic heterocycles. The zero-order valence-electron chi connectivity index (χ0n) is 21.3. The summed E-state index contributed by atoms with van der Waals surface area (Å²) >= 11 is 0. The van der Waals surface area contributed by atoms with E-state index in [9.17, 15) is 19.8 Å². The normalized spacial score (nSPS) is 32.3. The zero-order valence-corrected chi connectivity index (χ0v) is 21.3. The molecule has 1 aromatic carbocycles. The van der Waals surface area contributed by atoms with E-state index in [1.807, 2.05) is 32.9 Å². The van der Waals surface area contributed by atoms with Gasteiger partial charge in [-0.2, -0.15) is 0 Å². The highest BCUT2D eigenvalue weighted by Crippen LogP contribution is 2.65. The van der Waals surface area contributed by atoms with Gasteiger partial charge in [0.2, 0.25) is 0 Å². The predicted molar refractivity (Wildman–Crippen MR) is 132 cm³/mol. The van der Waals surface area contributed by atoms with E-state index in [0.29, 0.717) is 36.5 Å². The maximum Gasteiger partial charge on any atom is 0.308 e. The van der Waals surface area contributed by atoms with Gasteiger partial charge in [0.15, 0.2) is 11.5 Å². The van der Waals surface area contributed by atoms with Crippen LogP contribution in [0, 0.1) is 5.92 Å². The minimum atomic E-state index is -1.09.